The van der Waals surface area contributed by atoms with Crippen LogP contribution >= 0.6 is 0 Å². The van der Waals surface area contributed by atoms with Gasteiger partial charge in [0.15, 0.2) is 0 Å². The van der Waals surface area contributed by atoms with Crippen LogP contribution in [-0.2, 0) is 0 Å². The van der Waals surface area contributed by atoms with E-state index in [2.05, 4.69) is 5.32 Å². The highest BCUT2D eigenvalue weighted by atomic mass is 16.6. The molecule has 1 aliphatic rings. The molecular weight excluding hydrogens is 276 g/mol. The van der Waals surface area contributed by atoms with E-state index in [1.165, 1.54) is 18.2 Å². The van der Waals surface area contributed by atoms with Gasteiger partial charge in [0.05, 0.1) is 10.5 Å². The Labute approximate surface area is 121 Å². The maximum atomic E-state index is 11.1. The van der Waals surface area contributed by atoms with E-state index >= 15 is 0 Å². The maximum Gasteiger partial charge on any atom is 0.342 e. The van der Waals surface area contributed by atoms with Crippen molar-refractivity contribution < 1.29 is 19.9 Å². The SMILES string of the molecule is O=C(O)c1cccc(NCC2(O)CCCCC2)c1[N+](=O)[O-]. The number of benzene rings is 1. The zero-order valence-corrected chi connectivity index (χ0v) is 11.5. The highest BCUT2D eigenvalue weighted by Gasteiger charge is 2.30. The van der Waals surface area contributed by atoms with Crippen LogP contribution < -0.4 is 5.32 Å². The molecule has 0 spiro atoms. The minimum atomic E-state index is -1.35. The van der Waals surface area contributed by atoms with E-state index in [0.29, 0.717) is 12.8 Å². The molecule has 1 aromatic carbocycles. The van der Waals surface area contributed by atoms with Gasteiger partial charge in [-0.1, -0.05) is 25.3 Å². The van der Waals surface area contributed by atoms with Crippen molar-refractivity contribution in [3.8, 4) is 0 Å². The van der Waals surface area contributed by atoms with Crippen LogP contribution in [0.15, 0.2) is 18.2 Å². The summed E-state index contributed by atoms with van der Waals surface area (Å²) in [5.41, 5.74) is -1.59. The van der Waals surface area contributed by atoms with Crippen molar-refractivity contribution in [1.29, 1.82) is 0 Å². The topological polar surface area (TPSA) is 113 Å². The normalized spacial score (nSPS) is 17.2. The van der Waals surface area contributed by atoms with Gasteiger partial charge in [0.25, 0.3) is 0 Å². The Morgan fingerprint density at radius 1 is 1.33 bits per heavy atom. The van der Waals surface area contributed by atoms with Crippen molar-refractivity contribution in [3.05, 3.63) is 33.9 Å². The number of carboxylic acid groups (broad SMARTS) is 1. The van der Waals surface area contributed by atoms with Crippen LogP contribution in [0.25, 0.3) is 0 Å². The molecule has 21 heavy (non-hydrogen) atoms. The lowest BCUT2D eigenvalue weighted by Crippen LogP contribution is -2.38. The van der Waals surface area contributed by atoms with Crippen LogP contribution in [0.2, 0.25) is 0 Å². The second kappa shape index (κ2) is 6.09. The first-order chi connectivity index (χ1) is 9.93. The van der Waals surface area contributed by atoms with E-state index in [-0.39, 0.29) is 17.8 Å². The summed E-state index contributed by atoms with van der Waals surface area (Å²) in [6, 6.07) is 4.10. The first-order valence-corrected chi connectivity index (χ1v) is 6.90. The van der Waals surface area contributed by atoms with E-state index in [9.17, 15) is 20.0 Å². The fourth-order valence-electron chi connectivity index (χ4n) is 2.70. The van der Waals surface area contributed by atoms with E-state index in [4.69, 9.17) is 5.11 Å². The van der Waals surface area contributed by atoms with Crippen molar-refractivity contribution in [2.45, 2.75) is 37.7 Å². The number of nitrogens with one attached hydrogen (secondary N) is 1. The molecule has 0 heterocycles. The van der Waals surface area contributed by atoms with Gasteiger partial charge in [0.1, 0.15) is 11.3 Å². The number of hydrogen-bond acceptors (Lipinski definition) is 5. The molecule has 3 N–H and O–H groups in total. The number of para-hydroxylation sites is 1. The number of carboxylic acids is 1. The van der Waals surface area contributed by atoms with Gasteiger partial charge in [0.2, 0.25) is 0 Å². The molecule has 1 fully saturated rings. The predicted octanol–water partition coefficient (Wildman–Crippen LogP) is 2.40. The first kappa shape index (κ1) is 15.2. The van der Waals surface area contributed by atoms with Crippen LogP contribution in [0, 0.1) is 10.1 Å². The number of hydrogen-bond donors (Lipinski definition) is 3. The Kier molecular flexibility index (Phi) is 4.42. The summed E-state index contributed by atoms with van der Waals surface area (Å²) in [4.78, 5) is 21.5. The molecule has 0 bridgehead atoms. The summed E-state index contributed by atoms with van der Waals surface area (Å²) in [7, 11) is 0. The molecule has 0 saturated heterocycles. The van der Waals surface area contributed by atoms with Gasteiger partial charge in [-0.3, -0.25) is 10.1 Å². The number of nitro groups is 1. The molecule has 0 unspecified atom stereocenters. The number of carbonyl (C=O) groups is 1. The Bertz CT molecular complexity index is 552. The summed E-state index contributed by atoms with van der Waals surface area (Å²) in [6.45, 7) is 0.177. The largest absolute Gasteiger partial charge is 0.477 e. The minimum absolute atomic E-state index is 0.124. The summed E-state index contributed by atoms with van der Waals surface area (Å²) < 4.78 is 0. The second-order valence-electron chi connectivity index (χ2n) is 5.40. The molecule has 0 amide bonds. The van der Waals surface area contributed by atoms with E-state index < -0.39 is 22.2 Å². The van der Waals surface area contributed by atoms with Crippen LogP contribution in [0.3, 0.4) is 0 Å². The summed E-state index contributed by atoms with van der Waals surface area (Å²) >= 11 is 0. The molecule has 1 aliphatic carbocycles. The standard InChI is InChI=1S/C14H18N2O5/c17-13(18)10-5-4-6-11(12(10)16(20)21)15-9-14(19)7-2-1-3-8-14/h4-6,15,19H,1-3,7-9H2,(H,17,18). The molecule has 1 aromatic rings. The summed E-state index contributed by atoms with van der Waals surface area (Å²) in [6.07, 6.45) is 4.22. The van der Waals surface area contributed by atoms with Gasteiger partial charge in [-0.15, -0.1) is 0 Å². The first-order valence-electron chi connectivity index (χ1n) is 6.90. The molecule has 0 atom stereocenters. The van der Waals surface area contributed by atoms with Crippen LogP contribution in [0.4, 0.5) is 11.4 Å². The Morgan fingerprint density at radius 3 is 2.57 bits per heavy atom. The lowest BCUT2D eigenvalue weighted by molar-refractivity contribution is -0.384. The number of aliphatic hydroxyl groups is 1. The Morgan fingerprint density at radius 2 is 2.00 bits per heavy atom. The third-order valence-electron chi connectivity index (χ3n) is 3.84. The lowest BCUT2D eigenvalue weighted by atomic mass is 9.85. The third kappa shape index (κ3) is 3.49. The van der Waals surface area contributed by atoms with Gasteiger partial charge < -0.3 is 15.5 Å². The molecule has 114 valence electrons. The van der Waals surface area contributed by atoms with Gasteiger partial charge >= 0.3 is 11.7 Å². The number of nitro benzene ring substituents is 1. The van der Waals surface area contributed by atoms with E-state index in [0.717, 1.165) is 19.3 Å². The molecular formula is C14H18N2O5. The van der Waals surface area contributed by atoms with E-state index in [1.54, 1.807) is 0 Å². The van der Waals surface area contributed by atoms with Crippen molar-refractivity contribution >= 4 is 17.3 Å². The minimum Gasteiger partial charge on any atom is -0.477 e. The van der Waals surface area contributed by atoms with Crippen LogP contribution in [0.1, 0.15) is 42.5 Å². The Hall–Kier alpha value is -2.15. The molecule has 0 radical (unpaired) electrons. The van der Waals surface area contributed by atoms with Crippen LogP contribution in [0.5, 0.6) is 0 Å². The monoisotopic (exact) mass is 294 g/mol. The average molecular weight is 294 g/mol. The third-order valence-corrected chi connectivity index (χ3v) is 3.84. The fraction of sp³-hybridized carbons (Fsp3) is 0.500. The molecule has 2 rings (SSSR count). The van der Waals surface area contributed by atoms with Gasteiger partial charge in [0, 0.05) is 6.54 Å². The highest BCUT2D eigenvalue weighted by molar-refractivity contribution is 5.95. The summed E-state index contributed by atoms with van der Waals surface area (Å²) in [5.74, 6) is -1.35. The fourth-order valence-corrected chi connectivity index (χ4v) is 2.70. The average Bonchev–Trinajstić information content (AvgIpc) is 2.45. The smallest absolute Gasteiger partial charge is 0.342 e. The zero-order chi connectivity index (χ0) is 15.5. The summed E-state index contributed by atoms with van der Waals surface area (Å²) in [5, 5.41) is 33.4. The number of nitrogens with zero attached hydrogens (tertiary/aromatic N) is 1. The maximum absolute atomic E-state index is 11.1. The quantitative estimate of drug-likeness (QED) is 0.567. The molecule has 1 saturated carbocycles. The van der Waals surface area contributed by atoms with Crippen molar-refractivity contribution in [3.63, 3.8) is 0 Å². The number of anilines is 1. The second-order valence-corrected chi connectivity index (χ2v) is 5.40. The van der Waals surface area contributed by atoms with Gasteiger partial charge in [-0.25, -0.2) is 4.79 Å². The van der Waals surface area contributed by atoms with E-state index in [1.807, 2.05) is 0 Å². The van der Waals surface area contributed by atoms with Gasteiger partial charge in [-0.2, -0.15) is 0 Å². The molecule has 7 heteroatoms. The van der Waals surface area contributed by atoms with Crippen molar-refractivity contribution in [2.24, 2.45) is 0 Å². The predicted molar refractivity (Wildman–Crippen MR) is 76.6 cm³/mol. The van der Waals surface area contributed by atoms with Crippen molar-refractivity contribution in [1.82, 2.24) is 0 Å². The van der Waals surface area contributed by atoms with Crippen molar-refractivity contribution in [2.75, 3.05) is 11.9 Å². The Balaban J connectivity index is 2.21. The number of rotatable bonds is 5. The molecule has 7 nitrogen and oxygen atoms in total. The highest BCUT2D eigenvalue weighted by Crippen LogP contribution is 2.32. The van der Waals surface area contributed by atoms with Crippen LogP contribution in [-0.4, -0.2) is 33.3 Å². The molecule has 0 aliphatic heterocycles. The number of aromatic carboxylic acids is 1. The van der Waals surface area contributed by atoms with Gasteiger partial charge in [-0.05, 0) is 25.0 Å². The molecule has 0 aromatic heterocycles. The lowest BCUT2D eigenvalue weighted by Gasteiger charge is -2.32. The zero-order valence-electron chi connectivity index (χ0n) is 11.5.